The Kier molecular flexibility index (Phi) is 4.57. The molecule has 2 aliphatic rings. The summed E-state index contributed by atoms with van der Waals surface area (Å²) in [6, 6.07) is 7.48. The molecule has 2 aliphatic heterocycles. The van der Waals surface area contributed by atoms with E-state index in [0.29, 0.717) is 18.7 Å². The van der Waals surface area contributed by atoms with E-state index in [1.54, 1.807) is 11.8 Å². The molecule has 118 valence electrons. The monoisotopic (exact) mass is 320 g/mol. The summed E-state index contributed by atoms with van der Waals surface area (Å²) in [6.07, 6.45) is -0.145. The van der Waals surface area contributed by atoms with Crippen LogP contribution in [0.1, 0.15) is 13.3 Å². The third-order valence-corrected chi connectivity index (χ3v) is 4.93. The fourth-order valence-electron chi connectivity index (χ4n) is 2.77. The van der Waals surface area contributed by atoms with Gasteiger partial charge in [-0.05, 0) is 19.1 Å². The molecule has 1 atom stereocenters. The number of ether oxygens (including phenoxy) is 1. The van der Waals surface area contributed by atoms with Crippen molar-refractivity contribution in [2.24, 2.45) is 0 Å². The highest BCUT2D eigenvalue weighted by molar-refractivity contribution is 7.99. The second-order valence-electron chi connectivity index (χ2n) is 5.46. The van der Waals surface area contributed by atoms with Crippen LogP contribution >= 0.6 is 11.8 Å². The summed E-state index contributed by atoms with van der Waals surface area (Å²) in [6.45, 7) is 3.78. The molecule has 1 fully saturated rings. The molecular weight excluding hydrogens is 300 g/mol. The minimum absolute atomic E-state index is 0.0827. The molecule has 0 aliphatic carbocycles. The lowest BCUT2D eigenvalue weighted by Crippen LogP contribution is -2.46. The summed E-state index contributed by atoms with van der Waals surface area (Å²) < 4.78 is 5.61. The van der Waals surface area contributed by atoms with E-state index in [-0.39, 0.29) is 11.8 Å². The van der Waals surface area contributed by atoms with Gasteiger partial charge in [-0.15, -0.1) is 0 Å². The Labute approximate surface area is 134 Å². The molecule has 5 nitrogen and oxygen atoms in total. The topological polar surface area (TPSA) is 49.9 Å². The first kappa shape index (κ1) is 15.2. The number of fused-ring (bicyclic) bond motifs is 1. The Hall–Kier alpha value is -1.69. The first-order chi connectivity index (χ1) is 10.7. The quantitative estimate of drug-likeness (QED) is 0.852. The minimum atomic E-state index is -0.503. The highest BCUT2D eigenvalue weighted by Crippen LogP contribution is 2.33. The average Bonchev–Trinajstić information content (AvgIpc) is 2.56. The number of hydrogen-bond donors (Lipinski definition) is 0. The predicted octanol–water partition coefficient (Wildman–Crippen LogP) is 1.77. The molecule has 1 aromatic carbocycles. The van der Waals surface area contributed by atoms with Crippen molar-refractivity contribution in [3.8, 4) is 5.75 Å². The van der Waals surface area contributed by atoms with Crippen molar-refractivity contribution in [1.29, 1.82) is 0 Å². The van der Waals surface area contributed by atoms with Gasteiger partial charge in [-0.3, -0.25) is 9.59 Å². The van der Waals surface area contributed by atoms with Gasteiger partial charge in [0, 0.05) is 37.6 Å². The van der Waals surface area contributed by atoms with Gasteiger partial charge in [0.1, 0.15) is 5.75 Å². The van der Waals surface area contributed by atoms with Crippen LogP contribution in [0.2, 0.25) is 0 Å². The van der Waals surface area contributed by atoms with E-state index >= 15 is 0 Å². The SMILES string of the molecule is C[C@@H]1Oc2ccccc2N(CCC(=O)N2CCSCC2)C1=O. The number of anilines is 1. The molecule has 1 aromatic rings. The van der Waals surface area contributed by atoms with E-state index in [1.165, 1.54) is 0 Å². The van der Waals surface area contributed by atoms with E-state index in [9.17, 15) is 9.59 Å². The van der Waals surface area contributed by atoms with E-state index in [1.807, 2.05) is 40.9 Å². The van der Waals surface area contributed by atoms with Crippen LogP contribution in [0.4, 0.5) is 5.69 Å². The minimum Gasteiger partial charge on any atom is -0.479 e. The number of amides is 2. The van der Waals surface area contributed by atoms with Crippen LogP contribution in [0.3, 0.4) is 0 Å². The first-order valence-corrected chi connectivity index (χ1v) is 8.75. The van der Waals surface area contributed by atoms with Gasteiger partial charge < -0.3 is 14.5 Å². The lowest BCUT2D eigenvalue weighted by Gasteiger charge is -2.33. The van der Waals surface area contributed by atoms with Crippen molar-refractivity contribution in [3.63, 3.8) is 0 Å². The molecule has 0 N–H and O–H groups in total. The molecule has 22 heavy (non-hydrogen) atoms. The van der Waals surface area contributed by atoms with Gasteiger partial charge in [-0.1, -0.05) is 12.1 Å². The zero-order chi connectivity index (χ0) is 15.5. The summed E-state index contributed by atoms with van der Waals surface area (Å²) in [4.78, 5) is 28.2. The smallest absolute Gasteiger partial charge is 0.267 e. The maximum atomic E-state index is 12.3. The van der Waals surface area contributed by atoms with Gasteiger partial charge in [0.15, 0.2) is 6.10 Å². The maximum absolute atomic E-state index is 12.3. The van der Waals surface area contributed by atoms with Crippen LogP contribution in [0, 0.1) is 0 Å². The number of thioether (sulfide) groups is 1. The van der Waals surface area contributed by atoms with Gasteiger partial charge in [0.25, 0.3) is 5.91 Å². The fraction of sp³-hybridized carbons (Fsp3) is 0.500. The molecule has 2 heterocycles. The molecular formula is C16H20N2O3S. The molecule has 2 amide bonds. The number of carbonyl (C=O) groups excluding carboxylic acids is 2. The van der Waals surface area contributed by atoms with Gasteiger partial charge in [-0.2, -0.15) is 11.8 Å². The summed E-state index contributed by atoms with van der Waals surface area (Å²) >= 11 is 1.88. The zero-order valence-electron chi connectivity index (χ0n) is 12.7. The van der Waals surface area contributed by atoms with E-state index in [0.717, 1.165) is 30.3 Å². The highest BCUT2D eigenvalue weighted by Gasteiger charge is 2.31. The van der Waals surface area contributed by atoms with Gasteiger partial charge in [-0.25, -0.2) is 0 Å². The molecule has 0 aromatic heterocycles. The normalized spacial score (nSPS) is 21.3. The van der Waals surface area contributed by atoms with Gasteiger partial charge >= 0.3 is 0 Å². The van der Waals surface area contributed by atoms with E-state index in [4.69, 9.17) is 4.74 Å². The standard InChI is InChI=1S/C16H20N2O3S/c1-12-16(20)18(13-4-2-3-5-14(13)21-12)7-6-15(19)17-8-10-22-11-9-17/h2-5,12H,6-11H2,1H3/t12-/m0/s1. The van der Waals surface area contributed by atoms with Crippen molar-refractivity contribution >= 4 is 29.3 Å². The molecule has 0 unspecified atom stereocenters. The van der Waals surface area contributed by atoms with Gasteiger partial charge in [0.2, 0.25) is 5.91 Å². The second-order valence-corrected chi connectivity index (χ2v) is 6.69. The third kappa shape index (κ3) is 3.06. The van der Waals surface area contributed by atoms with E-state index < -0.39 is 6.10 Å². The van der Waals surface area contributed by atoms with Crippen molar-refractivity contribution in [1.82, 2.24) is 4.90 Å². The Balaban J connectivity index is 1.68. The summed E-state index contributed by atoms with van der Waals surface area (Å²) in [7, 11) is 0. The number of carbonyl (C=O) groups is 2. The Morgan fingerprint density at radius 3 is 2.82 bits per heavy atom. The van der Waals surface area contributed by atoms with Crippen LogP contribution in [-0.4, -0.2) is 54.0 Å². The fourth-order valence-corrected chi connectivity index (χ4v) is 3.67. The Bertz CT molecular complexity index is 572. The molecule has 0 spiro atoms. The van der Waals surface area contributed by atoms with Gasteiger partial charge in [0.05, 0.1) is 5.69 Å². The predicted molar refractivity (Wildman–Crippen MR) is 87.4 cm³/mol. The molecule has 0 radical (unpaired) electrons. The second kappa shape index (κ2) is 6.60. The van der Waals surface area contributed by atoms with Crippen LogP contribution in [0.5, 0.6) is 5.75 Å². The number of para-hydroxylation sites is 2. The van der Waals surface area contributed by atoms with Crippen molar-refractivity contribution in [2.45, 2.75) is 19.4 Å². The lowest BCUT2D eigenvalue weighted by molar-refractivity contribution is -0.130. The molecule has 0 saturated carbocycles. The maximum Gasteiger partial charge on any atom is 0.267 e. The molecule has 0 bridgehead atoms. The number of rotatable bonds is 3. The zero-order valence-corrected chi connectivity index (χ0v) is 13.5. The van der Waals surface area contributed by atoms with Crippen molar-refractivity contribution in [2.75, 3.05) is 36.0 Å². The van der Waals surface area contributed by atoms with Crippen molar-refractivity contribution in [3.05, 3.63) is 24.3 Å². The third-order valence-electron chi connectivity index (χ3n) is 3.99. The number of hydrogen-bond acceptors (Lipinski definition) is 4. The van der Waals surface area contributed by atoms with Crippen LogP contribution in [-0.2, 0) is 9.59 Å². The Morgan fingerprint density at radius 2 is 2.05 bits per heavy atom. The number of benzene rings is 1. The highest BCUT2D eigenvalue weighted by atomic mass is 32.2. The largest absolute Gasteiger partial charge is 0.479 e. The molecule has 6 heteroatoms. The van der Waals surface area contributed by atoms with Crippen LogP contribution < -0.4 is 9.64 Å². The summed E-state index contributed by atoms with van der Waals surface area (Å²) in [5, 5.41) is 0. The van der Waals surface area contributed by atoms with E-state index in [2.05, 4.69) is 0 Å². The first-order valence-electron chi connectivity index (χ1n) is 7.59. The summed E-state index contributed by atoms with van der Waals surface area (Å²) in [5.41, 5.74) is 0.757. The average molecular weight is 320 g/mol. The Morgan fingerprint density at radius 1 is 1.32 bits per heavy atom. The molecule has 3 rings (SSSR count). The lowest BCUT2D eigenvalue weighted by atomic mass is 10.1. The van der Waals surface area contributed by atoms with Crippen LogP contribution in [0.15, 0.2) is 24.3 Å². The van der Waals surface area contributed by atoms with Crippen molar-refractivity contribution < 1.29 is 14.3 Å². The van der Waals surface area contributed by atoms with Crippen LogP contribution in [0.25, 0.3) is 0 Å². The molecule has 1 saturated heterocycles. The summed E-state index contributed by atoms with van der Waals surface area (Å²) in [5.74, 6) is 2.76. The number of nitrogens with zero attached hydrogens (tertiary/aromatic N) is 2.